The van der Waals surface area contributed by atoms with Gasteiger partial charge in [0.05, 0.1) is 23.5 Å². The van der Waals surface area contributed by atoms with Crippen molar-refractivity contribution in [3.05, 3.63) is 28.2 Å². The fourth-order valence-corrected chi connectivity index (χ4v) is 5.94. The first-order valence-corrected chi connectivity index (χ1v) is 10.1. The molecule has 1 aliphatic carbocycles. The van der Waals surface area contributed by atoms with Gasteiger partial charge < -0.3 is 9.84 Å². The van der Waals surface area contributed by atoms with Gasteiger partial charge in [-0.1, -0.05) is 25.3 Å². The second kappa shape index (κ2) is 6.18. The van der Waals surface area contributed by atoms with Gasteiger partial charge >= 0.3 is 5.97 Å². The topological polar surface area (TPSA) is 80.7 Å². The van der Waals surface area contributed by atoms with Crippen molar-refractivity contribution in [3.63, 3.8) is 0 Å². The van der Waals surface area contributed by atoms with Crippen LogP contribution >= 0.6 is 15.9 Å². The Morgan fingerprint density at radius 2 is 1.87 bits per heavy atom. The number of aliphatic carboxylic acids is 1. The number of carbonyl (C=O) groups is 1. The van der Waals surface area contributed by atoms with Crippen molar-refractivity contribution < 1.29 is 23.1 Å². The van der Waals surface area contributed by atoms with Crippen molar-refractivity contribution in [1.29, 1.82) is 0 Å². The molecule has 0 bridgehead atoms. The fourth-order valence-electron chi connectivity index (χ4n) is 3.38. The third kappa shape index (κ3) is 2.83. The van der Waals surface area contributed by atoms with Crippen molar-refractivity contribution in [2.75, 3.05) is 13.2 Å². The molecule has 1 aromatic rings. The maximum Gasteiger partial charge on any atom is 0.314 e. The first-order valence-electron chi connectivity index (χ1n) is 7.73. The molecule has 0 unspecified atom stereocenters. The molecule has 0 amide bonds. The van der Waals surface area contributed by atoms with E-state index in [0.29, 0.717) is 22.9 Å². The van der Waals surface area contributed by atoms with Crippen molar-refractivity contribution in [2.24, 2.45) is 0 Å². The Balaban J connectivity index is 2.00. The van der Waals surface area contributed by atoms with E-state index in [1.807, 2.05) is 0 Å². The summed E-state index contributed by atoms with van der Waals surface area (Å²) in [6.07, 6.45) is 3.99. The van der Waals surface area contributed by atoms with Crippen molar-refractivity contribution >= 4 is 31.7 Å². The summed E-state index contributed by atoms with van der Waals surface area (Å²) in [6.45, 7) is 0.436. The van der Waals surface area contributed by atoms with Gasteiger partial charge in [-0.05, 0) is 46.5 Å². The van der Waals surface area contributed by atoms with Crippen LogP contribution in [0.5, 0.6) is 0 Å². The number of rotatable bonds is 4. The lowest BCUT2D eigenvalue weighted by Gasteiger charge is -2.34. The molecule has 1 heterocycles. The third-order valence-electron chi connectivity index (χ3n) is 4.95. The number of sulfone groups is 1. The van der Waals surface area contributed by atoms with Crippen molar-refractivity contribution in [2.45, 2.75) is 47.7 Å². The van der Waals surface area contributed by atoms with Gasteiger partial charge in [0.25, 0.3) is 0 Å². The maximum absolute atomic E-state index is 12.5. The molecule has 2 fully saturated rings. The molecule has 1 N–H and O–H groups in total. The fraction of sp³-hybridized carbons (Fsp3) is 0.562. The smallest absolute Gasteiger partial charge is 0.314 e. The maximum atomic E-state index is 12.5. The lowest BCUT2D eigenvalue weighted by molar-refractivity contribution is -0.145. The molecule has 0 spiro atoms. The molecule has 0 aromatic heterocycles. The van der Waals surface area contributed by atoms with Crippen LogP contribution in [-0.4, -0.2) is 38.0 Å². The number of carboxylic acids is 1. The molecule has 7 heteroatoms. The second-order valence-corrected chi connectivity index (χ2v) is 9.35. The summed E-state index contributed by atoms with van der Waals surface area (Å²) in [7, 11) is -3.44. The van der Waals surface area contributed by atoms with Crippen LogP contribution in [0, 0.1) is 0 Å². The highest BCUT2D eigenvalue weighted by atomic mass is 79.9. The first-order chi connectivity index (χ1) is 10.9. The van der Waals surface area contributed by atoms with Crippen LogP contribution < -0.4 is 0 Å². The van der Waals surface area contributed by atoms with Gasteiger partial charge in [0.2, 0.25) is 0 Å². The predicted octanol–water partition coefficient (Wildman–Crippen LogP) is 2.91. The van der Waals surface area contributed by atoms with Crippen LogP contribution in [-0.2, 0) is 24.8 Å². The lowest BCUT2D eigenvalue weighted by atomic mass is 9.69. The van der Waals surface area contributed by atoms with Gasteiger partial charge in [0.1, 0.15) is 5.25 Å². The molecule has 126 valence electrons. The van der Waals surface area contributed by atoms with E-state index in [0.717, 1.165) is 19.3 Å². The average Bonchev–Trinajstić information content (AvgIpc) is 2.45. The monoisotopic (exact) mass is 402 g/mol. The van der Waals surface area contributed by atoms with E-state index in [1.165, 1.54) is 6.07 Å². The molecule has 1 saturated heterocycles. The van der Waals surface area contributed by atoms with E-state index in [9.17, 15) is 18.3 Å². The van der Waals surface area contributed by atoms with Crippen LogP contribution in [0.25, 0.3) is 0 Å². The molecule has 23 heavy (non-hydrogen) atoms. The van der Waals surface area contributed by atoms with Crippen LogP contribution in [0.15, 0.2) is 27.6 Å². The minimum absolute atomic E-state index is 0.214. The molecular weight excluding hydrogens is 384 g/mol. The minimum Gasteiger partial charge on any atom is -0.481 e. The van der Waals surface area contributed by atoms with Gasteiger partial charge in [-0.3, -0.25) is 4.79 Å². The Labute approximate surface area is 144 Å². The predicted molar refractivity (Wildman–Crippen MR) is 88.3 cm³/mol. The molecular formula is C16H19BrO5S. The summed E-state index contributed by atoms with van der Waals surface area (Å²) < 4.78 is 30.4. The number of hydrogen-bond donors (Lipinski definition) is 1. The summed E-state index contributed by atoms with van der Waals surface area (Å²) in [5, 5.41) is 9.24. The molecule has 1 aromatic carbocycles. The highest BCUT2D eigenvalue weighted by molar-refractivity contribution is 9.10. The van der Waals surface area contributed by atoms with Gasteiger partial charge in [-0.25, -0.2) is 8.42 Å². The van der Waals surface area contributed by atoms with Gasteiger partial charge in [0, 0.05) is 4.47 Å². The number of benzene rings is 1. The zero-order valence-corrected chi connectivity index (χ0v) is 15.0. The van der Waals surface area contributed by atoms with Crippen molar-refractivity contribution in [1.82, 2.24) is 0 Å². The van der Waals surface area contributed by atoms with E-state index >= 15 is 0 Å². The lowest BCUT2D eigenvalue weighted by Crippen LogP contribution is -2.41. The van der Waals surface area contributed by atoms with Crippen molar-refractivity contribution in [3.8, 4) is 0 Å². The number of hydrogen-bond acceptors (Lipinski definition) is 4. The standard InChI is InChI=1S/C16H19BrO5S/c17-13-8-11(16(15(18)19)6-2-1-3-7-16)4-5-14(13)23(20,21)12-9-22-10-12/h4-5,8,12H,1-3,6-7,9-10H2,(H,18,19). The third-order valence-corrected chi connectivity index (χ3v) is 7.99. The second-order valence-electron chi connectivity index (χ2n) is 6.30. The summed E-state index contributed by atoms with van der Waals surface area (Å²) in [4.78, 5) is 12.1. The molecule has 0 radical (unpaired) electrons. The Bertz CT molecular complexity index is 718. The highest BCUT2D eigenvalue weighted by Gasteiger charge is 2.42. The largest absolute Gasteiger partial charge is 0.481 e. The number of carboxylic acid groups (broad SMARTS) is 1. The van der Waals surface area contributed by atoms with Crippen LogP contribution in [0.3, 0.4) is 0 Å². The molecule has 1 aliphatic heterocycles. The van der Waals surface area contributed by atoms with Gasteiger partial charge in [0.15, 0.2) is 9.84 Å². The summed E-state index contributed by atoms with van der Waals surface area (Å²) in [5.74, 6) is -0.827. The first kappa shape index (κ1) is 16.9. The van der Waals surface area contributed by atoms with Crippen LogP contribution in [0.1, 0.15) is 37.7 Å². The quantitative estimate of drug-likeness (QED) is 0.836. The summed E-state index contributed by atoms with van der Waals surface area (Å²) >= 11 is 3.33. The molecule has 0 atom stereocenters. The normalized spacial score (nSPS) is 21.6. The van der Waals surface area contributed by atoms with Crippen LogP contribution in [0.2, 0.25) is 0 Å². The zero-order valence-electron chi connectivity index (χ0n) is 12.6. The Hall–Kier alpha value is -0.920. The zero-order chi connectivity index (χ0) is 16.7. The Kier molecular flexibility index (Phi) is 4.55. The van der Waals surface area contributed by atoms with Gasteiger partial charge in [-0.2, -0.15) is 0 Å². The minimum atomic E-state index is -3.44. The van der Waals surface area contributed by atoms with Gasteiger partial charge in [-0.15, -0.1) is 0 Å². The number of ether oxygens (including phenoxy) is 1. The SMILES string of the molecule is O=C(O)C1(c2ccc(S(=O)(=O)C3COC3)c(Br)c2)CCCCC1. The van der Waals surface area contributed by atoms with E-state index < -0.39 is 26.5 Å². The Morgan fingerprint density at radius 3 is 2.35 bits per heavy atom. The molecule has 1 saturated carbocycles. The van der Waals surface area contributed by atoms with E-state index in [-0.39, 0.29) is 18.1 Å². The van der Waals surface area contributed by atoms with Crippen LogP contribution in [0.4, 0.5) is 0 Å². The number of halogens is 1. The summed E-state index contributed by atoms with van der Waals surface area (Å²) in [5.41, 5.74) is -0.219. The van der Waals surface area contributed by atoms with E-state index in [1.54, 1.807) is 12.1 Å². The molecule has 5 nitrogen and oxygen atoms in total. The Morgan fingerprint density at radius 1 is 1.22 bits per heavy atom. The van der Waals surface area contributed by atoms with E-state index in [2.05, 4.69) is 15.9 Å². The van der Waals surface area contributed by atoms with E-state index in [4.69, 9.17) is 4.74 Å². The summed E-state index contributed by atoms with van der Waals surface area (Å²) in [6, 6.07) is 4.87. The molecule has 3 rings (SSSR count). The molecule has 2 aliphatic rings. The average molecular weight is 403 g/mol. The highest BCUT2D eigenvalue weighted by Crippen LogP contribution is 2.41.